The lowest BCUT2D eigenvalue weighted by molar-refractivity contribution is -0.144. The molecule has 0 aliphatic carbocycles. The fourth-order valence-electron chi connectivity index (χ4n) is 4.63. The molecule has 0 fully saturated rings. The van der Waals surface area contributed by atoms with Crippen molar-refractivity contribution in [1.82, 2.24) is 9.88 Å². The number of aromatic nitrogens is 1. The third-order valence-corrected chi connectivity index (χ3v) is 7.30. The fourth-order valence-corrected chi connectivity index (χ4v) is 4.79. The number of carboxylic acids is 1. The van der Waals surface area contributed by atoms with Crippen molar-refractivity contribution >= 4 is 34.4 Å². The molecule has 0 bridgehead atoms. The summed E-state index contributed by atoms with van der Waals surface area (Å²) in [6, 6.07) is 18.7. The van der Waals surface area contributed by atoms with Gasteiger partial charge in [0.25, 0.3) is 5.91 Å². The van der Waals surface area contributed by atoms with E-state index in [1.165, 1.54) is 6.92 Å². The second-order valence-electron chi connectivity index (χ2n) is 10.3. The monoisotopic (exact) mass is 562 g/mol. The Morgan fingerprint density at radius 2 is 1.65 bits per heavy atom. The molecular formula is C32H35ClN2O5. The van der Waals surface area contributed by atoms with E-state index in [2.05, 4.69) is 9.88 Å². The van der Waals surface area contributed by atoms with Gasteiger partial charge in [-0.2, -0.15) is 0 Å². The van der Waals surface area contributed by atoms with Gasteiger partial charge in [-0.25, -0.2) is 4.79 Å². The Balaban J connectivity index is 1.54. The number of aryl methyl sites for hydroxylation is 1. The molecule has 1 amide bonds. The number of nitrogens with one attached hydrogen (secondary N) is 1. The van der Waals surface area contributed by atoms with Gasteiger partial charge in [0.05, 0.1) is 17.2 Å². The number of benzene rings is 3. The van der Waals surface area contributed by atoms with Crippen LogP contribution in [0.15, 0.2) is 60.7 Å². The van der Waals surface area contributed by atoms with Crippen LogP contribution in [0.5, 0.6) is 11.5 Å². The zero-order chi connectivity index (χ0) is 29.1. The maximum absolute atomic E-state index is 13.2. The molecule has 0 saturated carbocycles. The van der Waals surface area contributed by atoms with E-state index >= 15 is 0 Å². The van der Waals surface area contributed by atoms with Crippen molar-refractivity contribution in [3.63, 3.8) is 0 Å². The minimum absolute atomic E-state index is 0.102. The quantitative estimate of drug-likeness (QED) is 0.215. The Bertz CT molecular complexity index is 1540. The Labute approximate surface area is 239 Å². The van der Waals surface area contributed by atoms with Gasteiger partial charge in [-0.3, -0.25) is 4.79 Å². The standard InChI is InChI=1S/C32H35ClN2O5/c1-18(2)39-26-11-8-24(9-12-26)20(4)34-31(36)25-10-14-29-27(16-25)19(3)21(5)35(29)17-23-7-13-28(33)30(15-23)40-22(6)32(37)38/h7-16,18,20,22H,17H2,1-6H3,(H,34,36)(H,37,38). The molecular weight excluding hydrogens is 528 g/mol. The Morgan fingerprint density at radius 3 is 2.30 bits per heavy atom. The molecule has 1 aromatic heterocycles. The van der Waals surface area contributed by atoms with Crippen LogP contribution >= 0.6 is 11.6 Å². The Morgan fingerprint density at radius 1 is 0.950 bits per heavy atom. The van der Waals surface area contributed by atoms with Crippen molar-refractivity contribution < 1.29 is 24.2 Å². The smallest absolute Gasteiger partial charge is 0.344 e. The van der Waals surface area contributed by atoms with Gasteiger partial charge >= 0.3 is 5.97 Å². The normalized spacial score (nSPS) is 12.8. The lowest BCUT2D eigenvalue weighted by Gasteiger charge is -2.16. The second kappa shape index (κ2) is 12.0. The summed E-state index contributed by atoms with van der Waals surface area (Å²) in [5.41, 5.74) is 5.65. The van der Waals surface area contributed by atoms with Crippen LogP contribution in [-0.4, -0.2) is 33.8 Å². The van der Waals surface area contributed by atoms with E-state index in [1.54, 1.807) is 12.1 Å². The van der Waals surface area contributed by atoms with Gasteiger partial charge in [0.15, 0.2) is 6.10 Å². The molecule has 0 saturated heterocycles. The first-order valence-electron chi connectivity index (χ1n) is 13.3. The number of hydrogen-bond acceptors (Lipinski definition) is 4. The first-order chi connectivity index (χ1) is 18.9. The lowest BCUT2D eigenvalue weighted by Crippen LogP contribution is -2.26. The zero-order valence-corrected chi connectivity index (χ0v) is 24.4. The number of rotatable bonds is 10. The van der Waals surface area contributed by atoms with E-state index in [0.717, 1.165) is 39.0 Å². The van der Waals surface area contributed by atoms with E-state index in [0.29, 0.717) is 22.9 Å². The molecule has 40 heavy (non-hydrogen) atoms. The average molecular weight is 563 g/mol. The van der Waals surface area contributed by atoms with Gasteiger partial charge in [0, 0.05) is 28.7 Å². The molecule has 2 unspecified atom stereocenters. The SMILES string of the molecule is Cc1c(C)n(Cc2ccc(Cl)c(OC(C)C(=O)O)c2)c2ccc(C(=O)NC(C)c3ccc(OC(C)C)cc3)cc12. The summed E-state index contributed by atoms with van der Waals surface area (Å²) in [5, 5.41) is 13.6. The highest BCUT2D eigenvalue weighted by Gasteiger charge is 2.18. The molecule has 3 aromatic carbocycles. The summed E-state index contributed by atoms with van der Waals surface area (Å²) in [5.74, 6) is -0.0770. The van der Waals surface area contributed by atoms with Crippen molar-refractivity contribution in [2.45, 2.75) is 66.3 Å². The minimum Gasteiger partial charge on any atom is -0.491 e. The second-order valence-corrected chi connectivity index (χ2v) is 10.7. The summed E-state index contributed by atoms with van der Waals surface area (Å²) in [4.78, 5) is 24.4. The zero-order valence-electron chi connectivity index (χ0n) is 23.6. The summed E-state index contributed by atoms with van der Waals surface area (Å²) >= 11 is 6.26. The van der Waals surface area contributed by atoms with E-state index < -0.39 is 12.1 Å². The number of carbonyl (C=O) groups is 2. The van der Waals surface area contributed by atoms with E-state index in [1.807, 2.05) is 83.1 Å². The van der Waals surface area contributed by atoms with Gasteiger partial charge < -0.3 is 24.5 Å². The number of ether oxygens (including phenoxy) is 2. The van der Waals surface area contributed by atoms with Crippen molar-refractivity contribution in [2.24, 2.45) is 0 Å². The van der Waals surface area contributed by atoms with Crippen molar-refractivity contribution in [1.29, 1.82) is 0 Å². The molecule has 210 valence electrons. The summed E-state index contributed by atoms with van der Waals surface area (Å²) in [6.45, 7) is 12.0. The van der Waals surface area contributed by atoms with Gasteiger partial charge in [0.2, 0.25) is 0 Å². The number of amides is 1. The van der Waals surface area contributed by atoms with Crippen LogP contribution in [0.25, 0.3) is 10.9 Å². The highest BCUT2D eigenvalue weighted by molar-refractivity contribution is 6.32. The molecule has 4 rings (SSSR count). The summed E-state index contributed by atoms with van der Waals surface area (Å²) in [7, 11) is 0. The molecule has 0 aliphatic heterocycles. The van der Waals surface area contributed by atoms with Gasteiger partial charge in [-0.05, 0) is 101 Å². The topological polar surface area (TPSA) is 89.8 Å². The largest absolute Gasteiger partial charge is 0.491 e. The van der Waals surface area contributed by atoms with Crippen LogP contribution in [0.4, 0.5) is 0 Å². The lowest BCUT2D eigenvalue weighted by atomic mass is 10.1. The first-order valence-corrected chi connectivity index (χ1v) is 13.7. The molecule has 0 spiro atoms. The maximum atomic E-state index is 13.2. The molecule has 0 aliphatic rings. The number of aliphatic carboxylic acids is 1. The van der Waals surface area contributed by atoms with E-state index in [4.69, 9.17) is 21.1 Å². The van der Waals surface area contributed by atoms with Gasteiger partial charge in [-0.1, -0.05) is 29.8 Å². The number of fused-ring (bicyclic) bond motifs is 1. The predicted octanol–water partition coefficient (Wildman–Crippen LogP) is 7.09. The van der Waals surface area contributed by atoms with E-state index in [9.17, 15) is 14.7 Å². The fraction of sp³-hybridized carbons (Fsp3) is 0.312. The van der Waals surface area contributed by atoms with E-state index in [-0.39, 0.29) is 18.1 Å². The van der Waals surface area contributed by atoms with Gasteiger partial charge in [-0.15, -0.1) is 0 Å². The third kappa shape index (κ3) is 6.42. The number of nitrogens with zero attached hydrogens (tertiary/aromatic N) is 1. The van der Waals surface area contributed by atoms with Crippen LogP contribution < -0.4 is 14.8 Å². The number of carbonyl (C=O) groups excluding carboxylic acids is 1. The highest BCUT2D eigenvalue weighted by Crippen LogP contribution is 2.31. The molecule has 4 aromatic rings. The molecule has 0 radical (unpaired) electrons. The molecule has 7 nitrogen and oxygen atoms in total. The van der Waals surface area contributed by atoms with Gasteiger partial charge in [0.1, 0.15) is 11.5 Å². The summed E-state index contributed by atoms with van der Waals surface area (Å²) < 4.78 is 13.4. The molecule has 2 atom stereocenters. The Kier molecular flexibility index (Phi) is 8.74. The van der Waals surface area contributed by atoms with Crippen LogP contribution in [0.1, 0.15) is 66.5 Å². The van der Waals surface area contributed by atoms with Crippen molar-refractivity contribution in [2.75, 3.05) is 0 Å². The van der Waals surface area contributed by atoms with Crippen LogP contribution in [0.3, 0.4) is 0 Å². The Hall–Kier alpha value is -3.97. The number of halogens is 1. The number of hydrogen-bond donors (Lipinski definition) is 2. The van der Waals surface area contributed by atoms with Crippen LogP contribution in [-0.2, 0) is 11.3 Å². The number of carboxylic acid groups (broad SMARTS) is 1. The van der Waals surface area contributed by atoms with Crippen LogP contribution in [0.2, 0.25) is 5.02 Å². The first kappa shape index (κ1) is 29.0. The third-order valence-electron chi connectivity index (χ3n) is 6.99. The van der Waals surface area contributed by atoms with Crippen LogP contribution in [0, 0.1) is 13.8 Å². The molecule has 1 heterocycles. The highest BCUT2D eigenvalue weighted by atomic mass is 35.5. The molecule has 8 heteroatoms. The predicted molar refractivity (Wildman–Crippen MR) is 158 cm³/mol. The average Bonchev–Trinajstić information content (AvgIpc) is 3.14. The van der Waals surface area contributed by atoms with Crippen molar-refractivity contribution in [3.8, 4) is 11.5 Å². The van der Waals surface area contributed by atoms with Crippen molar-refractivity contribution in [3.05, 3.63) is 93.6 Å². The minimum atomic E-state index is -1.06. The molecule has 2 N–H and O–H groups in total. The summed E-state index contributed by atoms with van der Waals surface area (Å²) in [6.07, 6.45) is -0.917. The maximum Gasteiger partial charge on any atom is 0.344 e.